The molecular formula is C14H19F3N6. The standard InChI is InChI=1S/C14H19F3N6/c1-8(10-7-23(5)21-9(10)2)18-13-19-11(14(15,16)17)6-12(20-13)22(3)4/h6-8H,1-5H3,(H,18,19,20)/t8-/m1/s1. The summed E-state index contributed by atoms with van der Waals surface area (Å²) in [7, 11) is 5.04. The Bertz CT molecular complexity index is 692. The molecule has 0 aliphatic rings. The number of anilines is 2. The van der Waals surface area contributed by atoms with Crippen LogP contribution in [-0.4, -0.2) is 33.8 Å². The van der Waals surface area contributed by atoms with E-state index in [2.05, 4.69) is 20.4 Å². The molecule has 23 heavy (non-hydrogen) atoms. The molecule has 126 valence electrons. The molecular weight excluding hydrogens is 309 g/mol. The first-order valence-corrected chi connectivity index (χ1v) is 6.98. The lowest BCUT2D eigenvalue weighted by Crippen LogP contribution is -2.18. The Labute approximate surface area is 132 Å². The Morgan fingerprint density at radius 1 is 1.26 bits per heavy atom. The second kappa shape index (κ2) is 6.05. The zero-order chi connectivity index (χ0) is 17.4. The van der Waals surface area contributed by atoms with Crippen LogP contribution in [0.25, 0.3) is 0 Å². The van der Waals surface area contributed by atoms with Crippen LogP contribution >= 0.6 is 0 Å². The van der Waals surface area contributed by atoms with E-state index in [4.69, 9.17) is 0 Å². The summed E-state index contributed by atoms with van der Waals surface area (Å²) < 4.78 is 40.6. The first-order valence-electron chi connectivity index (χ1n) is 6.98. The van der Waals surface area contributed by atoms with Crippen molar-refractivity contribution < 1.29 is 13.2 Å². The van der Waals surface area contributed by atoms with Crippen LogP contribution in [0.3, 0.4) is 0 Å². The molecule has 0 spiro atoms. The molecule has 0 fully saturated rings. The van der Waals surface area contributed by atoms with Gasteiger partial charge in [0.1, 0.15) is 5.82 Å². The molecule has 0 aromatic carbocycles. The predicted molar refractivity (Wildman–Crippen MR) is 81.3 cm³/mol. The number of nitrogens with one attached hydrogen (secondary N) is 1. The Morgan fingerprint density at radius 3 is 2.39 bits per heavy atom. The number of nitrogens with zero attached hydrogens (tertiary/aromatic N) is 5. The fourth-order valence-corrected chi connectivity index (χ4v) is 2.19. The van der Waals surface area contributed by atoms with Gasteiger partial charge in [-0.25, -0.2) is 4.98 Å². The van der Waals surface area contributed by atoms with Crippen LogP contribution < -0.4 is 10.2 Å². The highest BCUT2D eigenvalue weighted by molar-refractivity contribution is 5.45. The van der Waals surface area contributed by atoms with E-state index in [-0.39, 0.29) is 17.8 Å². The number of alkyl halides is 3. The second-order valence-corrected chi connectivity index (χ2v) is 5.54. The normalized spacial score (nSPS) is 13.0. The molecule has 2 rings (SSSR count). The van der Waals surface area contributed by atoms with Crippen molar-refractivity contribution in [2.45, 2.75) is 26.1 Å². The van der Waals surface area contributed by atoms with Gasteiger partial charge in [-0.3, -0.25) is 4.68 Å². The molecule has 0 saturated carbocycles. The van der Waals surface area contributed by atoms with E-state index in [1.807, 2.05) is 20.0 Å². The van der Waals surface area contributed by atoms with Crippen molar-refractivity contribution >= 4 is 11.8 Å². The van der Waals surface area contributed by atoms with Crippen LogP contribution in [0.4, 0.5) is 24.9 Å². The highest BCUT2D eigenvalue weighted by atomic mass is 19.4. The fourth-order valence-electron chi connectivity index (χ4n) is 2.19. The molecule has 2 heterocycles. The summed E-state index contributed by atoms with van der Waals surface area (Å²) in [5.74, 6) is 0.115. The third-order valence-corrected chi connectivity index (χ3v) is 3.32. The Balaban J connectivity index is 2.35. The van der Waals surface area contributed by atoms with Crippen molar-refractivity contribution in [1.29, 1.82) is 0 Å². The summed E-state index contributed by atoms with van der Waals surface area (Å²) in [6.45, 7) is 3.66. The quantitative estimate of drug-likeness (QED) is 0.935. The van der Waals surface area contributed by atoms with E-state index >= 15 is 0 Å². The summed E-state index contributed by atoms with van der Waals surface area (Å²) in [5.41, 5.74) is 0.695. The SMILES string of the molecule is Cc1nn(C)cc1[C@@H](C)Nc1nc(N(C)C)cc(C(F)(F)F)n1. The molecule has 0 radical (unpaired) electrons. The minimum Gasteiger partial charge on any atom is -0.363 e. The predicted octanol–water partition coefficient (Wildman–Crippen LogP) is 2.78. The average molecular weight is 328 g/mol. The number of halogens is 3. The lowest BCUT2D eigenvalue weighted by Gasteiger charge is -2.18. The maximum Gasteiger partial charge on any atom is 0.433 e. The topological polar surface area (TPSA) is 58.9 Å². The minimum atomic E-state index is -4.53. The van der Waals surface area contributed by atoms with E-state index in [0.717, 1.165) is 17.3 Å². The van der Waals surface area contributed by atoms with E-state index < -0.39 is 11.9 Å². The summed E-state index contributed by atoms with van der Waals surface area (Å²) in [4.78, 5) is 9.21. The van der Waals surface area contributed by atoms with Crippen molar-refractivity contribution in [3.8, 4) is 0 Å². The monoisotopic (exact) mass is 328 g/mol. The smallest absolute Gasteiger partial charge is 0.363 e. The van der Waals surface area contributed by atoms with Crippen LogP contribution in [0.5, 0.6) is 0 Å². The Morgan fingerprint density at radius 2 is 1.91 bits per heavy atom. The molecule has 0 aliphatic carbocycles. The van der Waals surface area contributed by atoms with Crippen molar-refractivity contribution in [1.82, 2.24) is 19.7 Å². The maximum absolute atomic E-state index is 13.0. The third-order valence-electron chi connectivity index (χ3n) is 3.32. The Kier molecular flexibility index (Phi) is 4.49. The van der Waals surface area contributed by atoms with Gasteiger partial charge in [-0.05, 0) is 13.8 Å². The van der Waals surface area contributed by atoms with Crippen LogP contribution in [0.1, 0.15) is 29.9 Å². The van der Waals surface area contributed by atoms with Crippen LogP contribution in [0.15, 0.2) is 12.3 Å². The third kappa shape index (κ3) is 3.91. The first kappa shape index (κ1) is 17.0. The lowest BCUT2D eigenvalue weighted by atomic mass is 10.1. The average Bonchev–Trinajstić information content (AvgIpc) is 2.76. The van der Waals surface area contributed by atoms with Crippen LogP contribution in [-0.2, 0) is 13.2 Å². The first-order chi connectivity index (χ1) is 10.6. The van der Waals surface area contributed by atoms with Gasteiger partial charge in [-0.2, -0.15) is 23.3 Å². The maximum atomic E-state index is 13.0. The van der Waals surface area contributed by atoms with Crippen molar-refractivity contribution in [2.75, 3.05) is 24.3 Å². The molecule has 0 aliphatic heterocycles. The van der Waals surface area contributed by atoms with Gasteiger partial charge in [-0.15, -0.1) is 0 Å². The van der Waals surface area contributed by atoms with E-state index in [1.165, 1.54) is 4.90 Å². The van der Waals surface area contributed by atoms with Gasteiger partial charge in [0.05, 0.1) is 11.7 Å². The molecule has 0 saturated heterocycles. The summed E-state index contributed by atoms with van der Waals surface area (Å²) in [6, 6.07) is 0.646. The Hall–Kier alpha value is -2.32. The number of aromatic nitrogens is 4. The minimum absolute atomic E-state index is 0.0701. The molecule has 1 N–H and O–H groups in total. The number of hydrogen-bond acceptors (Lipinski definition) is 5. The van der Waals surface area contributed by atoms with Crippen LogP contribution in [0, 0.1) is 6.92 Å². The molecule has 2 aromatic rings. The fraction of sp³-hybridized carbons (Fsp3) is 0.500. The molecule has 2 aromatic heterocycles. The summed E-state index contributed by atoms with van der Waals surface area (Å²) in [5, 5.41) is 7.14. The van der Waals surface area contributed by atoms with Gasteiger partial charge in [0.25, 0.3) is 0 Å². The summed E-state index contributed by atoms with van der Waals surface area (Å²) in [6.07, 6.45) is -2.72. The van der Waals surface area contributed by atoms with E-state index in [0.29, 0.717) is 0 Å². The zero-order valence-electron chi connectivity index (χ0n) is 13.6. The van der Waals surface area contributed by atoms with Crippen molar-refractivity contribution in [2.24, 2.45) is 7.05 Å². The highest BCUT2D eigenvalue weighted by Gasteiger charge is 2.34. The van der Waals surface area contributed by atoms with Gasteiger partial charge < -0.3 is 10.2 Å². The number of rotatable bonds is 4. The summed E-state index contributed by atoms with van der Waals surface area (Å²) >= 11 is 0. The number of aryl methyl sites for hydroxylation is 2. The molecule has 0 bridgehead atoms. The van der Waals surface area contributed by atoms with Crippen LogP contribution in [0.2, 0.25) is 0 Å². The molecule has 1 atom stereocenters. The largest absolute Gasteiger partial charge is 0.433 e. The highest BCUT2D eigenvalue weighted by Crippen LogP contribution is 2.31. The van der Waals surface area contributed by atoms with Gasteiger partial charge >= 0.3 is 6.18 Å². The van der Waals surface area contributed by atoms with Gasteiger partial charge in [0.15, 0.2) is 5.69 Å². The van der Waals surface area contributed by atoms with Gasteiger partial charge in [0.2, 0.25) is 5.95 Å². The molecule has 6 nitrogen and oxygen atoms in total. The van der Waals surface area contributed by atoms with Gasteiger partial charge in [-0.1, -0.05) is 0 Å². The van der Waals surface area contributed by atoms with Crippen molar-refractivity contribution in [3.05, 3.63) is 29.2 Å². The molecule has 9 heteroatoms. The van der Waals surface area contributed by atoms with E-state index in [1.54, 1.807) is 25.8 Å². The second-order valence-electron chi connectivity index (χ2n) is 5.54. The zero-order valence-corrected chi connectivity index (χ0v) is 13.6. The number of hydrogen-bond donors (Lipinski definition) is 1. The van der Waals surface area contributed by atoms with Crippen molar-refractivity contribution in [3.63, 3.8) is 0 Å². The molecule has 0 amide bonds. The van der Waals surface area contributed by atoms with Gasteiger partial charge in [0, 0.05) is 39.0 Å². The lowest BCUT2D eigenvalue weighted by molar-refractivity contribution is -0.141. The molecule has 0 unspecified atom stereocenters. The van der Waals surface area contributed by atoms with E-state index in [9.17, 15) is 13.2 Å².